The number of rotatable bonds is 5. The van der Waals surface area contributed by atoms with Crippen molar-refractivity contribution in [3.63, 3.8) is 0 Å². The van der Waals surface area contributed by atoms with Crippen LogP contribution in [0.1, 0.15) is 0 Å². The van der Waals surface area contributed by atoms with Crippen molar-refractivity contribution >= 4 is 12.7 Å². The van der Waals surface area contributed by atoms with Crippen molar-refractivity contribution in [2.45, 2.75) is 0 Å². The first kappa shape index (κ1) is 12.9. The molecule has 2 amide bonds. The summed E-state index contributed by atoms with van der Waals surface area (Å²) in [5.74, 6) is 0. The molecule has 0 heterocycles. The molecule has 0 aromatic rings. The number of nitrogens with zero attached hydrogens (tertiary/aromatic N) is 4. The third-order valence-corrected chi connectivity index (χ3v) is 1.37. The third kappa shape index (κ3) is 5.50. The van der Waals surface area contributed by atoms with Crippen molar-refractivity contribution in [2.24, 2.45) is 5.10 Å². The molecule has 0 radical (unpaired) electrons. The van der Waals surface area contributed by atoms with Crippen LogP contribution < -0.4 is 5.43 Å². The Kier molecular flexibility index (Phi) is 5.82. The summed E-state index contributed by atoms with van der Waals surface area (Å²) in [6.45, 7) is 4.29. The predicted octanol–water partition coefficient (Wildman–Crippen LogP) is -0.348. The maximum absolute atomic E-state index is 11.4. The fraction of sp³-hybridized carbons (Fsp3) is 0.750. The van der Waals surface area contributed by atoms with E-state index in [4.69, 9.17) is 0 Å². The second-order valence-electron chi connectivity index (χ2n) is 3.56. The van der Waals surface area contributed by atoms with E-state index >= 15 is 0 Å². The van der Waals surface area contributed by atoms with E-state index in [9.17, 15) is 4.79 Å². The van der Waals surface area contributed by atoms with Gasteiger partial charge in [-0.15, -0.1) is 0 Å². The molecule has 0 spiro atoms. The summed E-state index contributed by atoms with van der Waals surface area (Å²) in [5, 5.41) is 3.34. The SMILES string of the molecule is C=NNC(=O)N(CN(C)C)CN(C)C. The number of carbonyl (C=O) groups excluding carboxylic acids is 1. The second-order valence-corrected chi connectivity index (χ2v) is 3.56. The number of hydrogen-bond acceptors (Lipinski definition) is 4. The highest BCUT2D eigenvalue weighted by molar-refractivity contribution is 5.74. The van der Waals surface area contributed by atoms with Gasteiger partial charge in [0.1, 0.15) is 0 Å². The minimum absolute atomic E-state index is 0.248. The van der Waals surface area contributed by atoms with Crippen molar-refractivity contribution in [3.05, 3.63) is 0 Å². The summed E-state index contributed by atoms with van der Waals surface area (Å²) in [4.78, 5) is 16.9. The number of hydrazone groups is 1. The molecular formula is C8H19N5O. The zero-order chi connectivity index (χ0) is 11.1. The molecule has 0 aliphatic rings. The van der Waals surface area contributed by atoms with Gasteiger partial charge < -0.3 is 0 Å². The van der Waals surface area contributed by atoms with Gasteiger partial charge in [-0.05, 0) is 28.2 Å². The first-order chi connectivity index (χ1) is 6.47. The Balaban J connectivity index is 4.22. The van der Waals surface area contributed by atoms with Gasteiger partial charge in [-0.1, -0.05) is 0 Å². The summed E-state index contributed by atoms with van der Waals surface area (Å²) >= 11 is 0. The van der Waals surface area contributed by atoms with Gasteiger partial charge in [0.05, 0.1) is 13.3 Å². The summed E-state index contributed by atoms with van der Waals surface area (Å²) in [6, 6.07) is -0.248. The zero-order valence-corrected chi connectivity index (χ0v) is 9.32. The highest BCUT2D eigenvalue weighted by Crippen LogP contribution is 1.92. The Hall–Kier alpha value is -1.14. The van der Waals surface area contributed by atoms with E-state index in [1.54, 1.807) is 4.90 Å². The highest BCUT2D eigenvalue weighted by atomic mass is 16.2. The molecule has 0 bridgehead atoms. The molecule has 0 unspecified atom stereocenters. The molecule has 0 aromatic carbocycles. The molecule has 0 aromatic heterocycles. The maximum atomic E-state index is 11.4. The summed E-state index contributed by atoms with van der Waals surface area (Å²) < 4.78 is 0. The largest absolute Gasteiger partial charge is 0.339 e. The molecule has 6 nitrogen and oxygen atoms in total. The Morgan fingerprint density at radius 1 is 1.21 bits per heavy atom. The molecule has 6 heteroatoms. The van der Waals surface area contributed by atoms with Gasteiger partial charge in [0.15, 0.2) is 0 Å². The summed E-state index contributed by atoms with van der Waals surface area (Å²) in [6.07, 6.45) is 0. The quantitative estimate of drug-likeness (QED) is 0.376. The zero-order valence-electron chi connectivity index (χ0n) is 9.32. The third-order valence-electron chi connectivity index (χ3n) is 1.37. The lowest BCUT2D eigenvalue weighted by atomic mass is 10.6. The molecule has 0 fully saturated rings. The minimum atomic E-state index is -0.248. The number of amides is 2. The van der Waals surface area contributed by atoms with Crippen molar-refractivity contribution in [1.29, 1.82) is 0 Å². The van der Waals surface area contributed by atoms with Crippen LogP contribution in [0.25, 0.3) is 0 Å². The molecule has 0 aliphatic carbocycles. The number of hydrogen-bond donors (Lipinski definition) is 1. The van der Waals surface area contributed by atoms with Crippen LogP contribution in [-0.4, -0.2) is 69.0 Å². The molecule has 82 valence electrons. The first-order valence-corrected chi connectivity index (χ1v) is 4.27. The maximum Gasteiger partial charge on any atom is 0.339 e. The van der Waals surface area contributed by atoms with Crippen LogP contribution in [0.4, 0.5) is 4.79 Å². The van der Waals surface area contributed by atoms with E-state index in [0.29, 0.717) is 13.3 Å². The molecule has 0 rings (SSSR count). The highest BCUT2D eigenvalue weighted by Gasteiger charge is 2.13. The van der Waals surface area contributed by atoms with Crippen molar-refractivity contribution in [1.82, 2.24) is 20.1 Å². The van der Waals surface area contributed by atoms with E-state index in [2.05, 4.69) is 17.2 Å². The fourth-order valence-corrected chi connectivity index (χ4v) is 0.994. The van der Waals surface area contributed by atoms with E-state index < -0.39 is 0 Å². The topological polar surface area (TPSA) is 51.2 Å². The number of urea groups is 1. The lowest BCUT2D eigenvalue weighted by Crippen LogP contribution is -2.46. The minimum Gasteiger partial charge on any atom is -0.297 e. The molecule has 0 atom stereocenters. The monoisotopic (exact) mass is 201 g/mol. The smallest absolute Gasteiger partial charge is 0.297 e. The predicted molar refractivity (Wildman–Crippen MR) is 57.0 cm³/mol. The van der Waals surface area contributed by atoms with Gasteiger partial charge in [0, 0.05) is 6.72 Å². The van der Waals surface area contributed by atoms with Gasteiger partial charge in [-0.25, -0.2) is 10.2 Å². The van der Waals surface area contributed by atoms with Gasteiger partial charge in [-0.3, -0.25) is 14.7 Å². The molecule has 0 saturated carbocycles. The Labute approximate surface area is 85.2 Å². The Morgan fingerprint density at radius 3 is 1.93 bits per heavy atom. The van der Waals surface area contributed by atoms with Gasteiger partial charge in [0.25, 0.3) is 0 Å². The van der Waals surface area contributed by atoms with Gasteiger partial charge >= 0.3 is 6.03 Å². The van der Waals surface area contributed by atoms with Gasteiger partial charge in [-0.2, -0.15) is 5.10 Å². The van der Waals surface area contributed by atoms with E-state index in [0.717, 1.165) is 0 Å². The summed E-state index contributed by atoms with van der Waals surface area (Å²) in [5.41, 5.74) is 2.30. The van der Waals surface area contributed by atoms with Crippen molar-refractivity contribution in [2.75, 3.05) is 41.5 Å². The standard InChI is InChI=1S/C8H19N5O/c1-9-10-8(14)13(6-11(2)3)7-12(4)5/h1,6-7H2,2-5H3,(H,10,14). The Bertz CT molecular complexity index is 182. The van der Waals surface area contributed by atoms with Crippen LogP contribution in [0.5, 0.6) is 0 Å². The lowest BCUT2D eigenvalue weighted by molar-refractivity contribution is 0.131. The van der Waals surface area contributed by atoms with E-state index in [-0.39, 0.29) is 6.03 Å². The molecular weight excluding hydrogens is 182 g/mol. The first-order valence-electron chi connectivity index (χ1n) is 4.27. The summed E-state index contributed by atoms with van der Waals surface area (Å²) in [7, 11) is 7.60. The normalized spacial score (nSPS) is 10.4. The Morgan fingerprint density at radius 2 is 1.64 bits per heavy atom. The number of nitrogens with one attached hydrogen (secondary N) is 1. The van der Waals surface area contributed by atoms with E-state index in [1.165, 1.54) is 0 Å². The van der Waals surface area contributed by atoms with Crippen LogP contribution in [0, 0.1) is 0 Å². The lowest BCUT2D eigenvalue weighted by Gasteiger charge is -2.27. The van der Waals surface area contributed by atoms with Gasteiger partial charge in [0.2, 0.25) is 0 Å². The van der Waals surface area contributed by atoms with Crippen molar-refractivity contribution < 1.29 is 4.79 Å². The van der Waals surface area contributed by atoms with Crippen LogP contribution in [-0.2, 0) is 0 Å². The molecule has 1 N–H and O–H groups in total. The second kappa shape index (κ2) is 6.33. The average Bonchev–Trinajstić information content (AvgIpc) is 2.01. The van der Waals surface area contributed by atoms with E-state index in [1.807, 2.05) is 38.0 Å². The van der Waals surface area contributed by atoms with Crippen LogP contribution in [0.3, 0.4) is 0 Å². The number of carbonyl (C=O) groups is 1. The molecule has 0 aliphatic heterocycles. The molecule has 0 saturated heterocycles. The van der Waals surface area contributed by atoms with Crippen LogP contribution >= 0.6 is 0 Å². The van der Waals surface area contributed by atoms with Crippen LogP contribution in [0.2, 0.25) is 0 Å². The van der Waals surface area contributed by atoms with Crippen LogP contribution in [0.15, 0.2) is 5.10 Å². The van der Waals surface area contributed by atoms with Crippen molar-refractivity contribution in [3.8, 4) is 0 Å². The molecule has 14 heavy (non-hydrogen) atoms. The average molecular weight is 201 g/mol. The fourth-order valence-electron chi connectivity index (χ4n) is 0.994.